The van der Waals surface area contributed by atoms with E-state index in [0.29, 0.717) is 17.9 Å². The van der Waals surface area contributed by atoms with Crippen LogP contribution in [0.3, 0.4) is 0 Å². The van der Waals surface area contributed by atoms with E-state index in [0.717, 1.165) is 23.2 Å². The highest BCUT2D eigenvalue weighted by Crippen LogP contribution is 2.37. The molecule has 154 valence electrons. The number of hydrogen-bond acceptors (Lipinski definition) is 3. The first-order valence-corrected chi connectivity index (χ1v) is 10.2. The number of rotatable bonds is 5. The summed E-state index contributed by atoms with van der Waals surface area (Å²) in [5.41, 5.74) is 3.40. The minimum Gasteiger partial charge on any atom is -0.482 e. The summed E-state index contributed by atoms with van der Waals surface area (Å²) in [4.78, 5) is 26.9. The Morgan fingerprint density at radius 2 is 1.97 bits per heavy atom. The molecule has 0 unspecified atom stereocenters. The SMILES string of the molecule is CC[C@H](C)NC(=O)c1cccc(CN2C(=O)COc3ccc(C(C)(C)C)cc32)c1. The molecule has 1 aliphatic heterocycles. The number of anilines is 1. The van der Waals surface area contributed by atoms with Gasteiger partial charge in [0.2, 0.25) is 0 Å². The van der Waals surface area contributed by atoms with E-state index in [1.807, 2.05) is 50.2 Å². The van der Waals surface area contributed by atoms with Crippen LogP contribution in [0.15, 0.2) is 42.5 Å². The molecule has 2 aromatic rings. The third-order valence-corrected chi connectivity index (χ3v) is 5.29. The molecule has 0 aromatic heterocycles. The Labute approximate surface area is 173 Å². The molecule has 1 N–H and O–H groups in total. The van der Waals surface area contributed by atoms with Crippen LogP contribution in [-0.2, 0) is 16.8 Å². The second-order valence-electron chi connectivity index (χ2n) is 8.68. The summed E-state index contributed by atoms with van der Waals surface area (Å²) in [6, 6.07) is 13.6. The maximum absolute atomic E-state index is 12.6. The molecule has 0 saturated carbocycles. The Hall–Kier alpha value is -2.82. The molecule has 5 heteroatoms. The number of benzene rings is 2. The number of carbonyl (C=O) groups is 2. The second-order valence-corrected chi connectivity index (χ2v) is 8.68. The fourth-order valence-corrected chi connectivity index (χ4v) is 3.24. The molecule has 0 spiro atoms. The fourth-order valence-electron chi connectivity index (χ4n) is 3.24. The topological polar surface area (TPSA) is 58.6 Å². The lowest BCUT2D eigenvalue weighted by molar-refractivity contribution is -0.121. The molecule has 3 rings (SSSR count). The van der Waals surface area contributed by atoms with Gasteiger partial charge in [-0.3, -0.25) is 9.59 Å². The molecule has 1 atom stereocenters. The molecule has 1 heterocycles. The molecule has 0 bridgehead atoms. The van der Waals surface area contributed by atoms with Crippen LogP contribution >= 0.6 is 0 Å². The summed E-state index contributed by atoms with van der Waals surface area (Å²) in [7, 11) is 0. The summed E-state index contributed by atoms with van der Waals surface area (Å²) >= 11 is 0. The maximum atomic E-state index is 12.6. The standard InChI is InChI=1S/C24H30N2O3/c1-6-16(2)25-23(28)18-9-7-8-17(12-18)14-26-20-13-19(24(3,4)5)10-11-21(20)29-15-22(26)27/h7-13,16H,6,14-15H2,1-5H3,(H,25,28)/t16-/m0/s1. The second kappa shape index (κ2) is 8.27. The number of amides is 2. The van der Waals surface area contributed by atoms with Crippen molar-refractivity contribution >= 4 is 17.5 Å². The van der Waals surface area contributed by atoms with Crippen LogP contribution in [0.4, 0.5) is 5.69 Å². The molecule has 2 amide bonds. The predicted molar refractivity (Wildman–Crippen MR) is 115 cm³/mol. The van der Waals surface area contributed by atoms with Gasteiger partial charge in [-0.1, -0.05) is 45.9 Å². The Bertz CT molecular complexity index is 915. The van der Waals surface area contributed by atoms with Gasteiger partial charge in [-0.05, 0) is 54.2 Å². The van der Waals surface area contributed by atoms with E-state index in [9.17, 15) is 9.59 Å². The minimum absolute atomic E-state index is 0.0239. The first-order chi connectivity index (χ1) is 13.7. The molecular weight excluding hydrogens is 364 g/mol. The normalized spacial score (nSPS) is 14.8. The highest BCUT2D eigenvalue weighted by atomic mass is 16.5. The van der Waals surface area contributed by atoms with Crippen LogP contribution < -0.4 is 15.0 Å². The zero-order valence-electron chi connectivity index (χ0n) is 17.9. The Morgan fingerprint density at radius 3 is 2.66 bits per heavy atom. The van der Waals surface area contributed by atoms with E-state index in [1.165, 1.54) is 0 Å². The van der Waals surface area contributed by atoms with Gasteiger partial charge in [0.15, 0.2) is 6.61 Å². The first kappa shape index (κ1) is 20.9. The Morgan fingerprint density at radius 1 is 1.21 bits per heavy atom. The number of nitrogens with one attached hydrogen (secondary N) is 1. The van der Waals surface area contributed by atoms with Crippen molar-refractivity contribution in [3.63, 3.8) is 0 Å². The highest BCUT2D eigenvalue weighted by molar-refractivity contribution is 5.98. The first-order valence-electron chi connectivity index (χ1n) is 10.2. The van der Waals surface area contributed by atoms with Gasteiger partial charge in [0, 0.05) is 11.6 Å². The molecular formula is C24H30N2O3. The number of nitrogens with zero attached hydrogens (tertiary/aromatic N) is 1. The van der Waals surface area contributed by atoms with Gasteiger partial charge in [0.25, 0.3) is 11.8 Å². The highest BCUT2D eigenvalue weighted by Gasteiger charge is 2.27. The molecule has 5 nitrogen and oxygen atoms in total. The van der Waals surface area contributed by atoms with E-state index in [4.69, 9.17) is 4.74 Å². The molecule has 0 saturated heterocycles. The van der Waals surface area contributed by atoms with Crippen molar-refractivity contribution in [2.24, 2.45) is 0 Å². The van der Waals surface area contributed by atoms with Crippen LogP contribution in [0.1, 0.15) is 62.5 Å². The van der Waals surface area contributed by atoms with Crippen molar-refractivity contribution in [1.29, 1.82) is 0 Å². The van der Waals surface area contributed by atoms with E-state index in [1.54, 1.807) is 11.0 Å². The predicted octanol–water partition coefficient (Wildman–Crippen LogP) is 4.44. The largest absolute Gasteiger partial charge is 0.482 e. The van der Waals surface area contributed by atoms with Crippen LogP contribution in [0.25, 0.3) is 0 Å². The lowest BCUT2D eigenvalue weighted by Crippen LogP contribution is -2.38. The molecule has 1 aliphatic rings. The van der Waals surface area contributed by atoms with Crippen molar-refractivity contribution in [2.75, 3.05) is 11.5 Å². The third-order valence-electron chi connectivity index (χ3n) is 5.29. The van der Waals surface area contributed by atoms with E-state index >= 15 is 0 Å². The summed E-state index contributed by atoms with van der Waals surface area (Å²) < 4.78 is 5.63. The average molecular weight is 395 g/mol. The van der Waals surface area contributed by atoms with Crippen molar-refractivity contribution in [1.82, 2.24) is 5.32 Å². The molecule has 0 fully saturated rings. The molecule has 0 aliphatic carbocycles. The number of ether oxygens (including phenoxy) is 1. The number of carbonyl (C=O) groups excluding carboxylic acids is 2. The van der Waals surface area contributed by atoms with Gasteiger partial charge in [-0.25, -0.2) is 0 Å². The summed E-state index contributed by atoms with van der Waals surface area (Å²) in [6.45, 7) is 10.9. The van der Waals surface area contributed by atoms with Crippen molar-refractivity contribution in [3.05, 3.63) is 59.2 Å². The third kappa shape index (κ3) is 4.78. The molecule has 29 heavy (non-hydrogen) atoms. The monoisotopic (exact) mass is 394 g/mol. The minimum atomic E-state index is -0.0927. The van der Waals surface area contributed by atoms with Gasteiger partial charge >= 0.3 is 0 Å². The van der Waals surface area contributed by atoms with Crippen molar-refractivity contribution in [2.45, 2.75) is 59.0 Å². The van der Waals surface area contributed by atoms with Gasteiger partial charge in [0.1, 0.15) is 5.75 Å². The van der Waals surface area contributed by atoms with Gasteiger partial charge < -0.3 is 15.0 Å². The number of fused-ring (bicyclic) bond motifs is 1. The van der Waals surface area contributed by atoms with Gasteiger partial charge in [0.05, 0.1) is 12.2 Å². The van der Waals surface area contributed by atoms with Gasteiger partial charge in [-0.15, -0.1) is 0 Å². The molecule has 2 aromatic carbocycles. The van der Waals surface area contributed by atoms with Crippen molar-refractivity contribution in [3.8, 4) is 5.75 Å². The Balaban J connectivity index is 1.88. The lowest BCUT2D eigenvalue weighted by atomic mass is 9.86. The number of hydrogen-bond donors (Lipinski definition) is 1. The maximum Gasteiger partial charge on any atom is 0.265 e. The van der Waals surface area contributed by atoms with Crippen LogP contribution in [-0.4, -0.2) is 24.5 Å². The zero-order valence-corrected chi connectivity index (χ0v) is 17.9. The lowest BCUT2D eigenvalue weighted by Gasteiger charge is -2.31. The summed E-state index contributed by atoms with van der Waals surface area (Å²) in [5, 5.41) is 2.99. The van der Waals surface area contributed by atoms with E-state index in [-0.39, 0.29) is 29.9 Å². The van der Waals surface area contributed by atoms with Gasteiger partial charge in [-0.2, -0.15) is 0 Å². The molecule has 0 radical (unpaired) electrons. The fraction of sp³-hybridized carbons (Fsp3) is 0.417. The van der Waals surface area contributed by atoms with Crippen molar-refractivity contribution < 1.29 is 14.3 Å². The average Bonchev–Trinajstić information content (AvgIpc) is 2.69. The van der Waals surface area contributed by atoms with E-state index < -0.39 is 0 Å². The Kier molecular flexibility index (Phi) is 5.96. The summed E-state index contributed by atoms with van der Waals surface area (Å²) in [6.07, 6.45) is 0.876. The summed E-state index contributed by atoms with van der Waals surface area (Å²) in [5.74, 6) is 0.534. The van der Waals surface area contributed by atoms with Crippen LogP contribution in [0.2, 0.25) is 0 Å². The smallest absolute Gasteiger partial charge is 0.265 e. The quantitative estimate of drug-likeness (QED) is 0.816. The zero-order chi connectivity index (χ0) is 21.2. The van der Waals surface area contributed by atoms with Crippen LogP contribution in [0.5, 0.6) is 5.75 Å². The van der Waals surface area contributed by atoms with Crippen LogP contribution in [0, 0.1) is 0 Å². The van der Waals surface area contributed by atoms with E-state index in [2.05, 4.69) is 26.1 Å².